The van der Waals surface area contributed by atoms with Crippen LogP contribution >= 0.6 is 0 Å². The zero-order valence-corrected chi connectivity index (χ0v) is 15.2. The van der Waals surface area contributed by atoms with Gasteiger partial charge in [-0.1, -0.05) is 0 Å². The molecule has 150 valence electrons. The lowest BCUT2D eigenvalue weighted by molar-refractivity contribution is -0.122. The maximum Gasteiger partial charge on any atom is 0.254 e. The standard InChI is InChI=1S/C19H20F3N3O3/c1-27-18-12(9-24-17(26)16-3-2-4-23-16)7-15(22)19(25-18)28-10-11-5-13(20)8-14(21)6-11/h5-8,16,23H,2-4,9-10H2,1H3,(H,24,26)/t16-/m0/s1. The van der Waals surface area contributed by atoms with Crippen molar-refractivity contribution >= 4 is 5.91 Å². The Hall–Kier alpha value is -2.81. The van der Waals surface area contributed by atoms with Crippen molar-refractivity contribution in [1.82, 2.24) is 15.6 Å². The van der Waals surface area contributed by atoms with Gasteiger partial charge in [-0.3, -0.25) is 4.79 Å². The molecule has 2 N–H and O–H groups in total. The Morgan fingerprint density at radius 3 is 2.61 bits per heavy atom. The predicted octanol–water partition coefficient (Wildman–Crippen LogP) is 2.45. The summed E-state index contributed by atoms with van der Waals surface area (Å²) in [5.74, 6) is -2.75. The molecule has 1 aliphatic rings. The van der Waals surface area contributed by atoms with Crippen LogP contribution in [0.3, 0.4) is 0 Å². The van der Waals surface area contributed by atoms with E-state index < -0.39 is 17.5 Å². The number of carbonyl (C=O) groups is 1. The molecule has 0 radical (unpaired) electrons. The molecule has 1 aliphatic heterocycles. The van der Waals surface area contributed by atoms with Gasteiger partial charge in [-0.2, -0.15) is 4.98 Å². The largest absolute Gasteiger partial charge is 0.481 e. The molecule has 0 bridgehead atoms. The lowest BCUT2D eigenvalue weighted by atomic mass is 10.2. The van der Waals surface area contributed by atoms with Crippen molar-refractivity contribution in [2.75, 3.05) is 13.7 Å². The molecular weight excluding hydrogens is 375 g/mol. The molecule has 2 aromatic rings. The minimum absolute atomic E-state index is 0.0412. The number of hydrogen-bond acceptors (Lipinski definition) is 5. The average Bonchev–Trinajstić information content (AvgIpc) is 3.19. The Morgan fingerprint density at radius 2 is 1.96 bits per heavy atom. The number of hydrogen-bond donors (Lipinski definition) is 2. The van der Waals surface area contributed by atoms with E-state index in [1.165, 1.54) is 7.11 Å². The molecule has 3 rings (SSSR count). The second kappa shape index (κ2) is 8.92. The van der Waals surface area contributed by atoms with E-state index in [1.807, 2.05) is 0 Å². The van der Waals surface area contributed by atoms with Crippen molar-refractivity contribution in [1.29, 1.82) is 0 Å². The highest BCUT2D eigenvalue weighted by Gasteiger charge is 2.22. The van der Waals surface area contributed by atoms with E-state index in [1.54, 1.807) is 0 Å². The highest BCUT2D eigenvalue weighted by atomic mass is 19.1. The fourth-order valence-corrected chi connectivity index (χ4v) is 2.96. The number of methoxy groups -OCH3 is 1. The summed E-state index contributed by atoms with van der Waals surface area (Å²) in [5, 5.41) is 5.80. The molecule has 28 heavy (non-hydrogen) atoms. The molecule has 6 nitrogen and oxygen atoms in total. The lowest BCUT2D eigenvalue weighted by Crippen LogP contribution is -2.40. The first-order valence-electron chi connectivity index (χ1n) is 8.78. The quantitative estimate of drug-likeness (QED) is 0.754. The average molecular weight is 395 g/mol. The van der Waals surface area contributed by atoms with Crippen LogP contribution in [-0.4, -0.2) is 30.6 Å². The van der Waals surface area contributed by atoms with E-state index in [2.05, 4.69) is 15.6 Å². The molecule has 0 spiro atoms. The number of aromatic nitrogens is 1. The third-order valence-electron chi connectivity index (χ3n) is 4.30. The number of ether oxygens (including phenoxy) is 2. The molecule has 9 heteroatoms. The third-order valence-corrected chi connectivity index (χ3v) is 4.30. The van der Waals surface area contributed by atoms with Crippen LogP contribution in [-0.2, 0) is 17.9 Å². The van der Waals surface area contributed by atoms with Gasteiger partial charge < -0.3 is 20.1 Å². The summed E-state index contributed by atoms with van der Waals surface area (Å²) in [6, 6.07) is 3.79. The van der Waals surface area contributed by atoms with Gasteiger partial charge in [0.05, 0.1) is 13.2 Å². The molecule has 1 aromatic heterocycles. The fourth-order valence-electron chi connectivity index (χ4n) is 2.96. The van der Waals surface area contributed by atoms with Crippen LogP contribution in [0.2, 0.25) is 0 Å². The van der Waals surface area contributed by atoms with Gasteiger partial charge in [-0.15, -0.1) is 0 Å². The van der Waals surface area contributed by atoms with Crippen molar-refractivity contribution in [2.45, 2.75) is 32.0 Å². The number of amides is 1. The van der Waals surface area contributed by atoms with Crippen LogP contribution in [0.1, 0.15) is 24.0 Å². The van der Waals surface area contributed by atoms with Crippen molar-refractivity contribution in [3.63, 3.8) is 0 Å². The Morgan fingerprint density at radius 1 is 1.21 bits per heavy atom. The molecular formula is C19H20F3N3O3. The molecule has 1 aromatic carbocycles. The molecule has 1 saturated heterocycles. The Balaban J connectivity index is 1.67. The molecule has 1 fully saturated rings. The number of pyridine rings is 1. The number of nitrogens with zero attached hydrogens (tertiary/aromatic N) is 1. The van der Waals surface area contributed by atoms with Crippen LogP contribution in [0, 0.1) is 17.5 Å². The van der Waals surface area contributed by atoms with Gasteiger partial charge in [0.2, 0.25) is 11.8 Å². The van der Waals surface area contributed by atoms with E-state index in [4.69, 9.17) is 9.47 Å². The van der Waals surface area contributed by atoms with E-state index >= 15 is 0 Å². The van der Waals surface area contributed by atoms with Gasteiger partial charge in [-0.05, 0) is 43.1 Å². The first-order valence-corrected chi connectivity index (χ1v) is 8.78. The summed E-state index contributed by atoms with van der Waals surface area (Å²) in [7, 11) is 1.36. The van der Waals surface area contributed by atoms with E-state index in [-0.39, 0.29) is 42.4 Å². The monoisotopic (exact) mass is 395 g/mol. The summed E-state index contributed by atoms with van der Waals surface area (Å²) in [4.78, 5) is 16.0. The summed E-state index contributed by atoms with van der Waals surface area (Å²) < 4.78 is 51.2. The normalized spacial score (nSPS) is 16.1. The zero-order chi connectivity index (χ0) is 20.1. The number of nitrogens with one attached hydrogen (secondary N) is 2. The Bertz CT molecular complexity index is 838. The highest BCUT2D eigenvalue weighted by molar-refractivity contribution is 5.82. The number of rotatable bonds is 7. The molecule has 1 amide bonds. The van der Waals surface area contributed by atoms with Gasteiger partial charge in [0.1, 0.15) is 18.2 Å². The van der Waals surface area contributed by atoms with Gasteiger partial charge in [0.25, 0.3) is 5.88 Å². The van der Waals surface area contributed by atoms with Gasteiger partial charge in [0, 0.05) is 18.2 Å². The molecule has 1 atom stereocenters. The van der Waals surface area contributed by atoms with Crippen LogP contribution < -0.4 is 20.1 Å². The molecule has 0 saturated carbocycles. The SMILES string of the molecule is COc1nc(OCc2cc(F)cc(F)c2)c(F)cc1CNC(=O)[C@@H]1CCCN1. The minimum atomic E-state index is -0.777. The molecule has 0 unspecified atom stereocenters. The van der Waals surface area contributed by atoms with Crippen molar-refractivity contribution in [3.05, 3.63) is 52.8 Å². The number of carbonyl (C=O) groups excluding carboxylic acids is 1. The number of halogens is 3. The number of benzene rings is 1. The maximum absolute atomic E-state index is 14.3. The third kappa shape index (κ3) is 4.92. The summed E-state index contributed by atoms with van der Waals surface area (Å²) in [5.41, 5.74) is 0.536. The first kappa shape index (κ1) is 19.9. The highest BCUT2D eigenvalue weighted by Crippen LogP contribution is 2.24. The summed E-state index contributed by atoms with van der Waals surface area (Å²) >= 11 is 0. The van der Waals surface area contributed by atoms with E-state index in [0.29, 0.717) is 5.56 Å². The van der Waals surface area contributed by atoms with Gasteiger partial charge >= 0.3 is 0 Å². The smallest absolute Gasteiger partial charge is 0.254 e. The van der Waals surface area contributed by atoms with E-state index in [0.717, 1.165) is 43.7 Å². The van der Waals surface area contributed by atoms with E-state index in [9.17, 15) is 18.0 Å². The maximum atomic E-state index is 14.3. The van der Waals surface area contributed by atoms with Crippen LogP contribution in [0.5, 0.6) is 11.8 Å². The van der Waals surface area contributed by atoms with Crippen molar-refractivity contribution < 1.29 is 27.4 Å². The summed E-state index contributed by atoms with van der Waals surface area (Å²) in [6.07, 6.45) is 1.68. The van der Waals surface area contributed by atoms with Crippen LogP contribution in [0.25, 0.3) is 0 Å². The first-order chi connectivity index (χ1) is 13.5. The van der Waals surface area contributed by atoms with Crippen LogP contribution in [0.15, 0.2) is 24.3 Å². The summed E-state index contributed by atoms with van der Waals surface area (Å²) in [6.45, 7) is 0.559. The molecule has 0 aliphatic carbocycles. The predicted molar refractivity (Wildman–Crippen MR) is 94.3 cm³/mol. The van der Waals surface area contributed by atoms with Gasteiger partial charge in [0.15, 0.2) is 5.82 Å². The zero-order valence-electron chi connectivity index (χ0n) is 15.2. The topological polar surface area (TPSA) is 72.5 Å². The fraction of sp³-hybridized carbons (Fsp3) is 0.368. The second-order valence-electron chi connectivity index (χ2n) is 6.38. The van der Waals surface area contributed by atoms with Crippen LogP contribution in [0.4, 0.5) is 13.2 Å². The Kier molecular flexibility index (Phi) is 6.35. The Labute approximate surface area is 160 Å². The minimum Gasteiger partial charge on any atom is -0.481 e. The van der Waals surface area contributed by atoms with Crippen molar-refractivity contribution in [3.8, 4) is 11.8 Å². The van der Waals surface area contributed by atoms with Gasteiger partial charge in [-0.25, -0.2) is 13.2 Å². The lowest BCUT2D eigenvalue weighted by Gasteiger charge is -2.14. The molecule has 2 heterocycles. The second-order valence-corrected chi connectivity index (χ2v) is 6.38. The van der Waals surface area contributed by atoms with Crippen molar-refractivity contribution in [2.24, 2.45) is 0 Å².